The molecule has 0 aromatic heterocycles. The molecule has 0 spiro atoms. The molecule has 4 heteroatoms. The number of nitrogens with zero attached hydrogens (tertiary/aromatic N) is 1. The zero-order valence-corrected chi connectivity index (χ0v) is 11.6. The molecule has 2 rings (SSSR count). The highest BCUT2D eigenvalue weighted by Gasteiger charge is 2.10. The lowest BCUT2D eigenvalue weighted by molar-refractivity contribution is 0.0380. The lowest BCUT2D eigenvalue weighted by Gasteiger charge is -2.26. The number of benzene rings is 1. The third-order valence-corrected chi connectivity index (χ3v) is 3.47. The SMILES string of the molecule is Cc1cccc(C(O)CNCCN2CCOCC2)c1. The Labute approximate surface area is 115 Å². The molecule has 1 aromatic rings. The van der Waals surface area contributed by atoms with E-state index >= 15 is 0 Å². The molecule has 1 heterocycles. The van der Waals surface area contributed by atoms with Gasteiger partial charge in [0.25, 0.3) is 0 Å². The standard InChI is InChI=1S/C15H24N2O2/c1-13-3-2-4-14(11-13)15(18)12-16-5-6-17-7-9-19-10-8-17/h2-4,11,15-16,18H,5-10,12H2,1H3. The van der Waals surface area contributed by atoms with E-state index in [9.17, 15) is 5.11 Å². The van der Waals surface area contributed by atoms with Gasteiger partial charge >= 0.3 is 0 Å². The van der Waals surface area contributed by atoms with Gasteiger partial charge in [-0.1, -0.05) is 29.8 Å². The van der Waals surface area contributed by atoms with Gasteiger partial charge in [-0.3, -0.25) is 4.90 Å². The number of morpholine rings is 1. The molecule has 0 bridgehead atoms. The highest BCUT2D eigenvalue weighted by molar-refractivity contribution is 5.24. The zero-order valence-electron chi connectivity index (χ0n) is 11.6. The Morgan fingerprint density at radius 1 is 1.37 bits per heavy atom. The number of hydrogen-bond donors (Lipinski definition) is 2. The Kier molecular flexibility index (Phi) is 5.79. The van der Waals surface area contributed by atoms with Gasteiger partial charge in [0.2, 0.25) is 0 Å². The van der Waals surface area contributed by atoms with E-state index in [0.29, 0.717) is 6.54 Å². The van der Waals surface area contributed by atoms with E-state index in [-0.39, 0.29) is 0 Å². The number of aliphatic hydroxyl groups excluding tert-OH is 1. The molecule has 1 atom stereocenters. The van der Waals surface area contributed by atoms with Crippen LogP contribution in [0.3, 0.4) is 0 Å². The summed E-state index contributed by atoms with van der Waals surface area (Å²) in [6.45, 7) is 8.28. The smallest absolute Gasteiger partial charge is 0.0914 e. The second kappa shape index (κ2) is 7.60. The molecule has 0 radical (unpaired) electrons. The van der Waals surface area contributed by atoms with Crippen LogP contribution < -0.4 is 5.32 Å². The van der Waals surface area contributed by atoms with Gasteiger partial charge in [-0.2, -0.15) is 0 Å². The number of hydrogen-bond acceptors (Lipinski definition) is 4. The van der Waals surface area contributed by atoms with Crippen molar-refractivity contribution in [3.63, 3.8) is 0 Å². The van der Waals surface area contributed by atoms with Crippen molar-refractivity contribution in [3.05, 3.63) is 35.4 Å². The van der Waals surface area contributed by atoms with Gasteiger partial charge < -0.3 is 15.2 Å². The zero-order chi connectivity index (χ0) is 13.5. The van der Waals surface area contributed by atoms with E-state index in [1.54, 1.807) is 0 Å². The van der Waals surface area contributed by atoms with E-state index in [4.69, 9.17) is 4.74 Å². The minimum absolute atomic E-state index is 0.426. The minimum atomic E-state index is -0.426. The molecule has 0 saturated carbocycles. The summed E-state index contributed by atoms with van der Waals surface area (Å²) < 4.78 is 5.31. The van der Waals surface area contributed by atoms with E-state index in [2.05, 4.69) is 10.2 Å². The molecule has 1 aliphatic heterocycles. The van der Waals surface area contributed by atoms with Crippen LogP contribution in [0.1, 0.15) is 17.2 Å². The first kappa shape index (κ1) is 14.5. The Morgan fingerprint density at radius 2 is 2.16 bits per heavy atom. The molecule has 1 unspecified atom stereocenters. The molecule has 1 aliphatic rings. The summed E-state index contributed by atoms with van der Waals surface area (Å²) in [5, 5.41) is 13.4. The van der Waals surface area contributed by atoms with Gasteiger partial charge in [0, 0.05) is 32.7 Å². The molecule has 1 aromatic carbocycles. The van der Waals surface area contributed by atoms with Crippen LogP contribution in [0.4, 0.5) is 0 Å². The fourth-order valence-corrected chi connectivity index (χ4v) is 2.30. The van der Waals surface area contributed by atoms with Crippen molar-refractivity contribution in [1.82, 2.24) is 10.2 Å². The average molecular weight is 264 g/mol. The summed E-state index contributed by atoms with van der Waals surface area (Å²) in [7, 11) is 0. The molecular weight excluding hydrogens is 240 g/mol. The van der Waals surface area contributed by atoms with Crippen molar-refractivity contribution in [3.8, 4) is 0 Å². The maximum absolute atomic E-state index is 10.1. The van der Waals surface area contributed by atoms with Crippen LogP contribution in [0.15, 0.2) is 24.3 Å². The van der Waals surface area contributed by atoms with Crippen molar-refractivity contribution < 1.29 is 9.84 Å². The number of aliphatic hydroxyl groups is 1. The van der Waals surface area contributed by atoms with E-state index in [1.165, 1.54) is 5.56 Å². The highest BCUT2D eigenvalue weighted by atomic mass is 16.5. The lowest BCUT2D eigenvalue weighted by Crippen LogP contribution is -2.40. The minimum Gasteiger partial charge on any atom is -0.387 e. The number of ether oxygens (including phenoxy) is 1. The fourth-order valence-electron chi connectivity index (χ4n) is 2.30. The summed E-state index contributed by atoms with van der Waals surface area (Å²) in [5.41, 5.74) is 2.17. The molecule has 19 heavy (non-hydrogen) atoms. The van der Waals surface area contributed by atoms with Crippen LogP contribution >= 0.6 is 0 Å². The first-order valence-electron chi connectivity index (χ1n) is 7.01. The predicted molar refractivity (Wildman–Crippen MR) is 76.3 cm³/mol. The van der Waals surface area contributed by atoms with Crippen LogP contribution in [0.25, 0.3) is 0 Å². The predicted octanol–water partition coefficient (Wildman–Crippen LogP) is 0.950. The maximum Gasteiger partial charge on any atom is 0.0914 e. The number of rotatable bonds is 6. The van der Waals surface area contributed by atoms with Crippen molar-refractivity contribution >= 4 is 0 Å². The molecular formula is C15H24N2O2. The second-order valence-corrected chi connectivity index (χ2v) is 5.09. The van der Waals surface area contributed by atoms with Gasteiger partial charge in [-0.25, -0.2) is 0 Å². The van der Waals surface area contributed by atoms with E-state index < -0.39 is 6.10 Å². The van der Waals surface area contributed by atoms with Crippen molar-refractivity contribution in [2.45, 2.75) is 13.0 Å². The largest absolute Gasteiger partial charge is 0.387 e. The third-order valence-electron chi connectivity index (χ3n) is 3.47. The van der Waals surface area contributed by atoms with E-state index in [0.717, 1.165) is 45.0 Å². The Morgan fingerprint density at radius 3 is 2.89 bits per heavy atom. The summed E-state index contributed by atoms with van der Waals surface area (Å²) >= 11 is 0. The maximum atomic E-state index is 10.1. The van der Waals surface area contributed by atoms with Crippen LogP contribution in [0.2, 0.25) is 0 Å². The Hall–Kier alpha value is -0.940. The molecule has 0 amide bonds. The van der Waals surface area contributed by atoms with Crippen molar-refractivity contribution in [1.29, 1.82) is 0 Å². The summed E-state index contributed by atoms with van der Waals surface area (Å²) in [4.78, 5) is 2.38. The van der Waals surface area contributed by atoms with E-state index in [1.807, 2.05) is 31.2 Å². The molecule has 106 valence electrons. The summed E-state index contributed by atoms with van der Waals surface area (Å²) in [6, 6.07) is 8.04. The van der Waals surface area contributed by atoms with Crippen LogP contribution in [-0.4, -0.2) is 55.9 Å². The quantitative estimate of drug-likeness (QED) is 0.751. The average Bonchev–Trinajstić information content (AvgIpc) is 2.44. The Bertz CT molecular complexity index is 378. The van der Waals surface area contributed by atoms with Gasteiger partial charge in [-0.05, 0) is 12.5 Å². The lowest BCUT2D eigenvalue weighted by atomic mass is 10.1. The first-order chi connectivity index (χ1) is 9.25. The number of aryl methyl sites for hydroxylation is 1. The molecule has 1 saturated heterocycles. The van der Waals surface area contributed by atoms with Crippen LogP contribution in [-0.2, 0) is 4.74 Å². The second-order valence-electron chi connectivity index (χ2n) is 5.09. The Balaban J connectivity index is 1.64. The fraction of sp³-hybridized carbons (Fsp3) is 0.600. The molecule has 0 aliphatic carbocycles. The molecule has 1 fully saturated rings. The summed E-state index contributed by atoms with van der Waals surface area (Å²) in [5.74, 6) is 0. The highest BCUT2D eigenvalue weighted by Crippen LogP contribution is 2.13. The number of nitrogens with one attached hydrogen (secondary N) is 1. The monoisotopic (exact) mass is 264 g/mol. The van der Waals surface area contributed by atoms with Gasteiger partial charge in [0.05, 0.1) is 19.3 Å². The molecule has 4 nitrogen and oxygen atoms in total. The van der Waals surface area contributed by atoms with Gasteiger partial charge in [0.1, 0.15) is 0 Å². The third kappa shape index (κ3) is 4.91. The van der Waals surface area contributed by atoms with Crippen LogP contribution in [0.5, 0.6) is 0 Å². The molecule has 2 N–H and O–H groups in total. The first-order valence-corrected chi connectivity index (χ1v) is 7.01. The van der Waals surface area contributed by atoms with Crippen LogP contribution in [0, 0.1) is 6.92 Å². The topological polar surface area (TPSA) is 44.7 Å². The van der Waals surface area contributed by atoms with Crippen molar-refractivity contribution in [2.24, 2.45) is 0 Å². The summed E-state index contributed by atoms with van der Waals surface area (Å²) in [6.07, 6.45) is -0.426. The van der Waals surface area contributed by atoms with Crippen molar-refractivity contribution in [2.75, 3.05) is 45.9 Å². The normalized spacial score (nSPS) is 18.4. The van der Waals surface area contributed by atoms with Gasteiger partial charge in [-0.15, -0.1) is 0 Å². The van der Waals surface area contributed by atoms with Gasteiger partial charge in [0.15, 0.2) is 0 Å².